The van der Waals surface area contributed by atoms with Crippen molar-refractivity contribution in [1.29, 1.82) is 0 Å². The molecule has 186 valence electrons. The summed E-state index contributed by atoms with van der Waals surface area (Å²) < 4.78 is 5.48. The Balaban J connectivity index is 1.67. The molecule has 0 aliphatic heterocycles. The van der Waals surface area contributed by atoms with E-state index < -0.39 is 10.7 Å². The predicted octanol–water partition coefficient (Wildman–Crippen LogP) is 6.25. The van der Waals surface area contributed by atoms with Crippen molar-refractivity contribution in [3.63, 3.8) is 0 Å². The molecule has 0 bridgehead atoms. The Morgan fingerprint density at radius 1 is 1.15 bits per heavy atom. The zero-order valence-electron chi connectivity index (χ0n) is 20.2. The van der Waals surface area contributed by atoms with Gasteiger partial charge in [-0.3, -0.25) is 10.1 Å². The van der Waals surface area contributed by atoms with Crippen LogP contribution in [0.3, 0.4) is 0 Å². The summed E-state index contributed by atoms with van der Waals surface area (Å²) in [6.07, 6.45) is 12.9. The number of carbonyl (C=O) groups excluding carboxylic acids is 1. The molecule has 2 saturated carbocycles. The number of thiazole rings is 1. The number of anilines is 1. The van der Waals surface area contributed by atoms with Crippen LogP contribution in [0.1, 0.15) is 85.0 Å². The van der Waals surface area contributed by atoms with Crippen LogP contribution >= 0.6 is 23.1 Å². The van der Waals surface area contributed by atoms with Crippen LogP contribution in [0, 0.1) is 5.92 Å². The molecule has 2 amide bonds. The van der Waals surface area contributed by atoms with Crippen LogP contribution in [0.25, 0.3) is 0 Å². The van der Waals surface area contributed by atoms with Crippen LogP contribution in [0.5, 0.6) is 0 Å². The number of hydrogen-bond donors (Lipinski definition) is 2. The van der Waals surface area contributed by atoms with Crippen molar-refractivity contribution >= 4 is 40.2 Å². The average Bonchev–Trinajstić information content (AvgIpc) is 3.03. The van der Waals surface area contributed by atoms with Crippen molar-refractivity contribution in [2.45, 2.75) is 106 Å². The van der Waals surface area contributed by atoms with Crippen LogP contribution in [0.15, 0.2) is 10.4 Å². The predicted molar refractivity (Wildman–Crippen MR) is 134 cm³/mol. The Morgan fingerprint density at radius 2 is 1.79 bits per heavy atom. The van der Waals surface area contributed by atoms with Crippen molar-refractivity contribution in [1.82, 2.24) is 9.88 Å². The molecule has 2 fully saturated rings. The van der Waals surface area contributed by atoms with E-state index in [2.05, 4.69) is 15.2 Å². The summed E-state index contributed by atoms with van der Waals surface area (Å²) >= 11 is 2.60. The van der Waals surface area contributed by atoms with Crippen molar-refractivity contribution in [2.75, 3.05) is 18.5 Å². The number of aliphatic carboxylic acids is 1. The molecule has 7 nitrogen and oxygen atoms in total. The maximum Gasteiger partial charge on any atom is 0.324 e. The second kappa shape index (κ2) is 12.4. The van der Waals surface area contributed by atoms with E-state index in [1.807, 2.05) is 6.92 Å². The van der Waals surface area contributed by atoms with Crippen molar-refractivity contribution < 1.29 is 19.4 Å². The highest BCUT2D eigenvalue weighted by atomic mass is 32.2. The summed E-state index contributed by atoms with van der Waals surface area (Å²) in [5, 5.41) is 13.0. The molecule has 1 aromatic rings. The molecule has 3 rings (SSSR count). The van der Waals surface area contributed by atoms with Gasteiger partial charge in [-0.1, -0.05) is 48.8 Å². The van der Waals surface area contributed by atoms with Gasteiger partial charge in [-0.25, -0.2) is 9.78 Å². The van der Waals surface area contributed by atoms with Gasteiger partial charge in [0.1, 0.15) is 4.75 Å². The molecular weight excluding hydrogens is 458 g/mol. The summed E-state index contributed by atoms with van der Waals surface area (Å²) in [6, 6.07) is 0.477. The van der Waals surface area contributed by atoms with E-state index >= 15 is 0 Å². The summed E-state index contributed by atoms with van der Waals surface area (Å²) in [5.74, 6) is -0.276. The summed E-state index contributed by atoms with van der Waals surface area (Å²) in [4.78, 5) is 31.5. The molecular formula is C24H39N3O4S2. The first kappa shape index (κ1) is 26.3. The Kier molecular flexibility index (Phi) is 9.88. The smallest absolute Gasteiger partial charge is 0.324 e. The minimum absolute atomic E-state index is 0.0569. The van der Waals surface area contributed by atoms with Gasteiger partial charge in [-0.2, -0.15) is 0 Å². The fraction of sp³-hybridized carbons (Fsp3) is 0.792. The molecule has 0 radical (unpaired) electrons. The number of aromatic nitrogens is 1. The van der Waals surface area contributed by atoms with E-state index in [0.29, 0.717) is 11.0 Å². The molecule has 0 spiro atoms. The number of nitrogens with zero attached hydrogens (tertiary/aromatic N) is 2. The van der Waals surface area contributed by atoms with Crippen LogP contribution in [-0.4, -0.2) is 57.0 Å². The number of ether oxygens (including phenoxy) is 1. The SMILES string of the molecule is CCOC[C@H]1CC[C@H](N(C(=O)Nc2ncc(SC(C)(C)C(=O)O)s2)C2CCCCCC2)CC1. The highest BCUT2D eigenvalue weighted by molar-refractivity contribution is 8.03. The molecule has 2 aliphatic carbocycles. The van der Waals surface area contributed by atoms with Gasteiger partial charge in [0.2, 0.25) is 0 Å². The van der Waals surface area contributed by atoms with E-state index in [0.717, 1.165) is 55.9 Å². The maximum absolute atomic E-state index is 13.5. The first-order chi connectivity index (χ1) is 15.8. The van der Waals surface area contributed by atoms with Crippen LogP contribution < -0.4 is 5.32 Å². The summed E-state index contributed by atoms with van der Waals surface area (Å²) in [6.45, 7) is 6.97. The Labute approximate surface area is 206 Å². The van der Waals surface area contributed by atoms with Gasteiger partial charge >= 0.3 is 12.0 Å². The molecule has 1 heterocycles. The first-order valence-electron chi connectivity index (χ1n) is 12.4. The summed E-state index contributed by atoms with van der Waals surface area (Å²) in [5.41, 5.74) is 0. The fourth-order valence-corrected chi connectivity index (χ4v) is 7.12. The lowest BCUT2D eigenvalue weighted by Gasteiger charge is -2.41. The number of nitrogens with one attached hydrogen (secondary N) is 1. The molecule has 1 aromatic heterocycles. The largest absolute Gasteiger partial charge is 0.480 e. The molecule has 2 N–H and O–H groups in total. The van der Waals surface area contributed by atoms with Gasteiger partial charge in [0.15, 0.2) is 5.13 Å². The van der Waals surface area contributed by atoms with Crippen molar-refractivity contribution in [2.24, 2.45) is 5.92 Å². The zero-order valence-corrected chi connectivity index (χ0v) is 21.8. The van der Waals surface area contributed by atoms with E-state index in [1.165, 1.54) is 48.8 Å². The van der Waals surface area contributed by atoms with Gasteiger partial charge in [-0.15, -0.1) is 0 Å². The third kappa shape index (κ3) is 7.59. The zero-order chi connectivity index (χ0) is 23.8. The van der Waals surface area contributed by atoms with Gasteiger partial charge in [0.25, 0.3) is 0 Å². The van der Waals surface area contributed by atoms with E-state index in [-0.39, 0.29) is 18.1 Å². The number of amides is 2. The van der Waals surface area contributed by atoms with E-state index in [1.54, 1.807) is 20.0 Å². The van der Waals surface area contributed by atoms with Crippen LogP contribution in [-0.2, 0) is 9.53 Å². The average molecular weight is 498 g/mol. The minimum Gasteiger partial charge on any atom is -0.480 e. The van der Waals surface area contributed by atoms with E-state index in [4.69, 9.17) is 4.74 Å². The van der Waals surface area contributed by atoms with Crippen molar-refractivity contribution in [3.05, 3.63) is 6.20 Å². The van der Waals surface area contributed by atoms with E-state index in [9.17, 15) is 14.7 Å². The number of carboxylic acids is 1. The third-order valence-corrected chi connectivity index (χ3v) is 8.99. The second-order valence-corrected chi connectivity index (χ2v) is 12.7. The second-order valence-electron chi connectivity index (χ2n) is 9.72. The maximum atomic E-state index is 13.5. The number of rotatable bonds is 9. The van der Waals surface area contributed by atoms with Crippen LogP contribution in [0.2, 0.25) is 0 Å². The molecule has 9 heteroatoms. The molecule has 33 heavy (non-hydrogen) atoms. The minimum atomic E-state index is -0.944. The van der Waals surface area contributed by atoms with Gasteiger partial charge in [-0.05, 0) is 65.2 Å². The fourth-order valence-electron chi connectivity index (χ4n) is 4.86. The number of thioether (sulfide) groups is 1. The highest BCUT2D eigenvalue weighted by Crippen LogP contribution is 2.38. The lowest BCUT2D eigenvalue weighted by Crippen LogP contribution is -2.50. The van der Waals surface area contributed by atoms with Crippen LogP contribution in [0.4, 0.5) is 9.93 Å². The quantitative estimate of drug-likeness (QED) is 0.309. The lowest BCUT2D eigenvalue weighted by atomic mass is 9.85. The topological polar surface area (TPSA) is 91.8 Å². The number of hydrogen-bond acceptors (Lipinski definition) is 6. The number of urea groups is 1. The molecule has 2 aliphatic rings. The molecule has 0 atom stereocenters. The van der Waals surface area contributed by atoms with Gasteiger partial charge in [0.05, 0.1) is 10.4 Å². The normalized spacial score (nSPS) is 22.5. The molecule has 0 saturated heterocycles. The lowest BCUT2D eigenvalue weighted by molar-refractivity contribution is -0.138. The molecule has 0 aromatic carbocycles. The Hall–Kier alpha value is -1.32. The Bertz CT molecular complexity index is 770. The standard InChI is InChI=1S/C24H39N3O4S2/c1-4-31-16-17-11-13-19(14-12-17)27(18-9-7-5-6-8-10-18)23(30)26-22-25-15-20(32-22)33-24(2,3)21(28)29/h15,17-19H,4-14,16H2,1-3H3,(H,28,29)(H,25,26,30)/t17-,19-. The number of carbonyl (C=O) groups is 2. The number of carboxylic acid groups (broad SMARTS) is 1. The van der Waals surface area contributed by atoms with Gasteiger partial charge in [0, 0.05) is 25.3 Å². The third-order valence-electron chi connectivity index (χ3n) is 6.79. The first-order valence-corrected chi connectivity index (χ1v) is 14.0. The van der Waals surface area contributed by atoms with Gasteiger partial charge < -0.3 is 14.7 Å². The summed E-state index contributed by atoms with van der Waals surface area (Å²) in [7, 11) is 0. The monoisotopic (exact) mass is 497 g/mol. The van der Waals surface area contributed by atoms with Crippen molar-refractivity contribution in [3.8, 4) is 0 Å². The highest BCUT2D eigenvalue weighted by Gasteiger charge is 2.35. The Morgan fingerprint density at radius 3 is 2.39 bits per heavy atom. The molecule has 0 unspecified atom stereocenters.